The molecule has 1 atom stereocenters. The third-order valence-corrected chi connectivity index (χ3v) is 4.71. The average Bonchev–Trinajstić information content (AvgIpc) is 2.71. The minimum absolute atomic E-state index is 0.0968. The van der Waals surface area contributed by atoms with E-state index in [2.05, 4.69) is 5.32 Å². The first-order chi connectivity index (χ1) is 14.2. The number of halogens is 5. The lowest BCUT2D eigenvalue weighted by atomic mass is 10.0. The Balaban J connectivity index is 1.82. The van der Waals surface area contributed by atoms with Crippen LogP contribution in [0.2, 0.25) is 0 Å². The second kappa shape index (κ2) is 10.9. The Morgan fingerprint density at radius 2 is 1.63 bits per heavy atom. The number of aryl methyl sites for hydroxylation is 2. The van der Waals surface area contributed by atoms with Gasteiger partial charge in [0.1, 0.15) is 12.8 Å². The van der Waals surface area contributed by atoms with E-state index >= 15 is 0 Å². The smallest absolute Gasteiger partial charge is 0.397 e. The van der Waals surface area contributed by atoms with E-state index in [1.54, 1.807) is 18.2 Å². The fourth-order valence-corrected chi connectivity index (χ4v) is 2.97. The highest BCUT2D eigenvalue weighted by Crippen LogP contribution is 2.29. The second-order valence-corrected chi connectivity index (χ2v) is 7.16. The lowest BCUT2D eigenvalue weighted by molar-refractivity contribution is -0.137. The highest BCUT2D eigenvalue weighted by atomic mass is 19.4. The number of nitrogens with one attached hydrogen (secondary N) is 1. The number of anilines is 2. The summed E-state index contributed by atoms with van der Waals surface area (Å²) in [6.07, 6.45) is -3.52. The predicted octanol–water partition coefficient (Wildman–Crippen LogP) is 5.88. The van der Waals surface area contributed by atoms with Crippen LogP contribution in [0.5, 0.6) is 0 Å². The van der Waals surface area contributed by atoms with Crippen LogP contribution in [0.4, 0.5) is 33.3 Å². The summed E-state index contributed by atoms with van der Waals surface area (Å²) in [6.45, 7) is -1.01. The quantitative estimate of drug-likeness (QED) is 0.282. The van der Waals surface area contributed by atoms with Crippen LogP contribution < -0.4 is 11.1 Å². The Morgan fingerprint density at radius 1 is 1.00 bits per heavy atom. The predicted molar refractivity (Wildman–Crippen MR) is 108 cm³/mol. The monoisotopic (exact) mass is 428 g/mol. The number of alkyl halides is 5. The molecule has 0 unspecified atom stereocenters. The van der Waals surface area contributed by atoms with Gasteiger partial charge in [-0.05, 0) is 67.5 Å². The molecule has 0 saturated carbocycles. The summed E-state index contributed by atoms with van der Waals surface area (Å²) in [5, 5.41) is 2.70. The van der Waals surface area contributed by atoms with Gasteiger partial charge >= 0.3 is 6.18 Å². The van der Waals surface area contributed by atoms with Crippen LogP contribution in [0.25, 0.3) is 0 Å². The van der Waals surface area contributed by atoms with Crippen molar-refractivity contribution >= 4 is 17.3 Å². The van der Waals surface area contributed by atoms with Gasteiger partial charge < -0.3 is 11.1 Å². The van der Waals surface area contributed by atoms with E-state index in [0.717, 1.165) is 23.3 Å². The summed E-state index contributed by atoms with van der Waals surface area (Å²) >= 11 is 0. The molecule has 8 heteroatoms. The Morgan fingerprint density at radius 3 is 2.23 bits per heavy atom. The molecule has 0 heterocycles. The van der Waals surface area contributed by atoms with Crippen LogP contribution in [0.1, 0.15) is 42.4 Å². The molecule has 30 heavy (non-hydrogen) atoms. The molecule has 0 aliphatic rings. The topological polar surface area (TPSA) is 55.1 Å². The molecule has 0 saturated heterocycles. The Bertz CT molecular complexity index is 821. The summed E-state index contributed by atoms with van der Waals surface area (Å²) in [7, 11) is 0. The summed E-state index contributed by atoms with van der Waals surface area (Å²) in [6, 6.07) is 10.2. The molecular weight excluding hydrogens is 403 g/mol. The number of nitrogen functional groups attached to an aromatic ring is 1. The zero-order valence-corrected chi connectivity index (χ0v) is 16.4. The van der Waals surface area contributed by atoms with Gasteiger partial charge in [-0.3, -0.25) is 4.79 Å². The first-order valence-corrected chi connectivity index (χ1v) is 9.73. The third-order valence-electron chi connectivity index (χ3n) is 4.71. The first-order valence-electron chi connectivity index (χ1n) is 9.73. The van der Waals surface area contributed by atoms with Crippen LogP contribution in [0.15, 0.2) is 42.5 Å². The number of amides is 1. The number of benzene rings is 2. The lowest BCUT2D eigenvalue weighted by Crippen LogP contribution is -2.13. The van der Waals surface area contributed by atoms with Gasteiger partial charge in [0.25, 0.3) is 0 Å². The molecule has 0 fully saturated rings. The van der Waals surface area contributed by atoms with Crippen LogP contribution in [0.3, 0.4) is 0 Å². The summed E-state index contributed by atoms with van der Waals surface area (Å²) < 4.78 is 62.6. The Hall–Kier alpha value is -2.64. The molecule has 0 aliphatic heterocycles. The molecule has 0 radical (unpaired) electrons. The number of hydrogen-bond donors (Lipinski definition) is 2. The highest BCUT2D eigenvalue weighted by Gasteiger charge is 2.29. The van der Waals surface area contributed by atoms with E-state index < -0.39 is 24.6 Å². The zero-order chi connectivity index (χ0) is 22.1. The van der Waals surface area contributed by atoms with Gasteiger partial charge in [-0.2, -0.15) is 13.2 Å². The van der Waals surface area contributed by atoms with E-state index in [-0.39, 0.29) is 18.7 Å². The average molecular weight is 428 g/mol. The van der Waals surface area contributed by atoms with Crippen molar-refractivity contribution in [1.29, 1.82) is 0 Å². The number of unbranched alkanes of at least 4 members (excludes halogenated alkanes) is 1. The van der Waals surface area contributed by atoms with Gasteiger partial charge in [-0.1, -0.05) is 18.2 Å². The Labute approximate surface area is 172 Å². The van der Waals surface area contributed by atoms with E-state index in [0.29, 0.717) is 37.1 Å². The van der Waals surface area contributed by atoms with Crippen molar-refractivity contribution in [3.8, 4) is 0 Å². The Kier molecular flexibility index (Phi) is 8.62. The van der Waals surface area contributed by atoms with Gasteiger partial charge in [0.05, 0.1) is 16.9 Å². The van der Waals surface area contributed by atoms with Crippen molar-refractivity contribution in [2.75, 3.05) is 17.7 Å². The minimum Gasteiger partial charge on any atom is -0.397 e. The molecule has 1 amide bonds. The van der Waals surface area contributed by atoms with Crippen molar-refractivity contribution in [1.82, 2.24) is 0 Å². The maximum Gasteiger partial charge on any atom is 0.416 e. The van der Waals surface area contributed by atoms with Crippen molar-refractivity contribution in [2.45, 2.75) is 50.9 Å². The molecule has 164 valence electrons. The minimum atomic E-state index is -4.35. The van der Waals surface area contributed by atoms with Gasteiger partial charge in [-0.25, -0.2) is 8.78 Å². The van der Waals surface area contributed by atoms with Crippen LogP contribution in [-0.2, 0) is 23.8 Å². The first kappa shape index (κ1) is 23.6. The normalized spacial score (nSPS) is 12.6. The van der Waals surface area contributed by atoms with E-state index in [9.17, 15) is 26.7 Å². The molecule has 3 N–H and O–H groups in total. The fraction of sp³-hybridized carbons (Fsp3) is 0.409. The van der Waals surface area contributed by atoms with Crippen LogP contribution in [0, 0.1) is 0 Å². The standard InChI is InChI=1S/C22H25F5N2O/c23-14-18(24)3-1-2-4-21(30)29-20-12-9-16(13-19(20)28)6-5-15-7-10-17(11-8-15)22(25,26)27/h7-13,18H,1-6,14,28H2,(H,29,30)/t18-/m1/s1. The van der Waals surface area contributed by atoms with E-state index in [1.165, 1.54) is 12.1 Å². The maximum atomic E-state index is 12.8. The lowest BCUT2D eigenvalue weighted by Gasteiger charge is -2.11. The molecule has 2 aromatic carbocycles. The molecular formula is C22H25F5N2O. The molecule has 2 aromatic rings. The van der Waals surface area contributed by atoms with Crippen molar-refractivity contribution in [3.63, 3.8) is 0 Å². The largest absolute Gasteiger partial charge is 0.416 e. The molecule has 0 spiro atoms. The molecule has 3 nitrogen and oxygen atoms in total. The number of rotatable bonds is 10. The summed E-state index contributed by atoms with van der Waals surface area (Å²) in [5.74, 6) is -0.255. The fourth-order valence-electron chi connectivity index (χ4n) is 2.97. The molecule has 0 bridgehead atoms. The number of nitrogens with two attached hydrogens (primary N) is 1. The van der Waals surface area contributed by atoms with Gasteiger partial charge in [0.2, 0.25) is 5.91 Å². The van der Waals surface area contributed by atoms with Gasteiger partial charge in [0, 0.05) is 6.42 Å². The van der Waals surface area contributed by atoms with E-state index in [4.69, 9.17) is 5.73 Å². The van der Waals surface area contributed by atoms with Gasteiger partial charge in [-0.15, -0.1) is 0 Å². The third kappa shape index (κ3) is 7.65. The maximum absolute atomic E-state index is 12.8. The van der Waals surface area contributed by atoms with Crippen molar-refractivity contribution in [3.05, 3.63) is 59.2 Å². The van der Waals surface area contributed by atoms with Gasteiger partial charge in [0.15, 0.2) is 0 Å². The summed E-state index contributed by atoms with van der Waals surface area (Å²) in [4.78, 5) is 12.0. The molecule has 0 aliphatic carbocycles. The van der Waals surface area contributed by atoms with E-state index in [1.807, 2.05) is 0 Å². The second-order valence-electron chi connectivity index (χ2n) is 7.16. The summed E-state index contributed by atoms with van der Waals surface area (Å²) in [5.41, 5.74) is 7.83. The molecule has 0 aromatic heterocycles. The van der Waals surface area contributed by atoms with Crippen molar-refractivity contribution in [2.24, 2.45) is 0 Å². The SMILES string of the molecule is Nc1cc(CCc2ccc(C(F)(F)F)cc2)ccc1NC(=O)CCCC[C@@H](F)CF. The zero-order valence-electron chi connectivity index (χ0n) is 16.4. The van der Waals surface area contributed by atoms with Crippen LogP contribution in [-0.4, -0.2) is 18.8 Å². The van der Waals surface area contributed by atoms with Crippen LogP contribution >= 0.6 is 0 Å². The molecule has 2 rings (SSSR count). The van der Waals surface area contributed by atoms with Crippen molar-refractivity contribution < 1.29 is 26.7 Å². The number of carbonyl (C=O) groups is 1. The number of carbonyl (C=O) groups excluding carboxylic acids is 1. The highest BCUT2D eigenvalue weighted by molar-refractivity contribution is 5.93. The number of hydrogen-bond acceptors (Lipinski definition) is 2.